The molecule has 2 aliphatic carbocycles. The van der Waals surface area contributed by atoms with Gasteiger partial charge in [0.2, 0.25) is 0 Å². The molecule has 4 unspecified atom stereocenters. The lowest BCUT2D eigenvalue weighted by molar-refractivity contribution is 0.310. The highest BCUT2D eigenvalue weighted by molar-refractivity contribution is 5.21. The molecule has 0 heterocycles. The lowest BCUT2D eigenvalue weighted by Gasteiger charge is -2.27. The van der Waals surface area contributed by atoms with Crippen molar-refractivity contribution in [3.63, 3.8) is 0 Å². The summed E-state index contributed by atoms with van der Waals surface area (Å²) in [7, 11) is 0. The minimum Gasteiger partial charge on any atom is -0.307 e. The molecule has 2 saturated carbocycles. The number of rotatable bonds is 5. The van der Waals surface area contributed by atoms with Crippen molar-refractivity contribution in [3.8, 4) is 0 Å². The summed E-state index contributed by atoms with van der Waals surface area (Å²) in [6.45, 7) is 4.80. The number of benzene rings is 1. The Morgan fingerprint density at radius 1 is 1.11 bits per heavy atom. The molecule has 0 aliphatic heterocycles. The van der Waals surface area contributed by atoms with E-state index in [2.05, 4.69) is 49.5 Å². The van der Waals surface area contributed by atoms with Gasteiger partial charge in [-0.25, -0.2) is 0 Å². The van der Waals surface area contributed by atoms with E-state index in [1.807, 2.05) is 0 Å². The van der Waals surface area contributed by atoms with Crippen molar-refractivity contribution >= 4 is 0 Å². The van der Waals surface area contributed by atoms with Crippen molar-refractivity contribution in [2.45, 2.75) is 58.0 Å². The zero-order chi connectivity index (χ0) is 13.2. The molecule has 2 fully saturated rings. The lowest BCUT2D eigenvalue weighted by Crippen LogP contribution is -2.36. The van der Waals surface area contributed by atoms with Gasteiger partial charge in [0, 0.05) is 12.1 Å². The Labute approximate surface area is 117 Å². The van der Waals surface area contributed by atoms with Gasteiger partial charge in [-0.2, -0.15) is 0 Å². The summed E-state index contributed by atoms with van der Waals surface area (Å²) in [6, 6.07) is 12.4. The first-order valence-electron chi connectivity index (χ1n) is 8.10. The van der Waals surface area contributed by atoms with Gasteiger partial charge >= 0.3 is 0 Å². The standard InChI is InChI=1S/C18H27N/c1-3-14-11-12-17(13(14)2)19-18(16-9-10-16)15-7-5-4-6-8-15/h4-8,13-14,16-19H,3,9-12H2,1-2H3. The first-order chi connectivity index (χ1) is 9.29. The van der Waals surface area contributed by atoms with Crippen molar-refractivity contribution < 1.29 is 0 Å². The molecule has 0 amide bonds. The maximum Gasteiger partial charge on any atom is 0.0351 e. The average molecular weight is 257 g/mol. The second-order valence-electron chi connectivity index (χ2n) is 6.60. The molecule has 0 bridgehead atoms. The van der Waals surface area contributed by atoms with Gasteiger partial charge in [-0.1, -0.05) is 50.6 Å². The van der Waals surface area contributed by atoms with Gasteiger partial charge in [0.25, 0.3) is 0 Å². The van der Waals surface area contributed by atoms with Gasteiger partial charge in [0.15, 0.2) is 0 Å². The highest BCUT2D eigenvalue weighted by Crippen LogP contribution is 2.43. The van der Waals surface area contributed by atoms with Crippen LogP contribution in [0.4, 0.5) is 0 Å². The zero-order valence-electron chi connectivity index (χ0n) is 12.3. The van der Waals surface area contributed by atoms with Crippen LogP contribution in [0.5, 0.6) is 0 Å². The average Bonchev–Trinajstić information content (AvgIpc) is 3.22. The largest absolute Gasteiger partial charge is 0.307 e. The van der Waals surface area contributed by atoms with Crippen molar-refractivity contribution in [3.05, 3.63) is 35.9 Å². The summed E-state index contributed by atoms with van der Waals surface area (Å²) in [4.78, 5) is 0. The predicted molar refractivity (Wildman–Crippen MR) is 81.0 cm³/mol. The molecule has 0 spiro atoms. The molecule has 3 rings (SSSR count). The van der Waals surface area contributed by atoms with Gasteiger partial charge in [0.05, 0.1) is 0 Å². The van der Waals surface area contributed by atoms with Crippen LogP contribution >= 0.6 is 0 Å². The van der Waals surface area contributed by atoms with Gasteiger partial charge in [-0.05, 0) is 49.0 Å². The molecule has 4 atom stereocenters. The third-order valence-electron chi connectivity index (χ3n) is 5.40. The number of hydrogen-bond donors (Lipinski definition) is 1. The Hall–Kier alpha value is -0.820. The summed E-state index contributed by atoms with van der Waals surface area (Å²) in [5.41, 5.74) is 1.50. The molecular weight excluding hydrogens is 230 g/mol. The van der Waals surface area contributed by atoms with Crippen molar-refractivity contribution in [1.29, 1.82) is 0 Å². The second kappa shape index (κ2) is 5.66. The Kier molecular flexibility index (Phi) is 3.93. The van der Waals surface area contributed by atoms with Gasteiger partial charge < -0.3 is 5.32 Å². The monoisotopic (exact) mass is 257 g/mol. The van der Waals surface area contributed by atoms with Crippen LogP contribution in [0, 0.1) is 17.8 Å². The van der Waals surface area contributed by atoms with Crippen LogP contribution in [0.3, 0.4) is 0 Å². The molecule has 1 aromatic carbocycles. The summed E-state index contributed by atoms with van der Waals surface area (Å²) in [6.07, 6.45) is 6.95. The number of hydrogen-bond acceptors (Lipinski definition) is 1. The van der Waals surface area contributed by atoms with Crippen LogP contribution in [0.25, 0.3) is 0 Å². The summed E-state index contributed by atoms with van der Waals surface area (Å²) in [5.74, 6) is 2.67. The van der Waals surface area contributed by atoms with E-state index in [1.165, 1.54) is 37.7 Å². The molecule has 104 valence electrons. The molecule has 0 saturated heterocycles. The Bertz CT molecular complexity index is 395. The zero-order valence-corrected chi connectivity index (χ0v) is 12.3. The van der Waals surface area contributed by atoms with E-state index in [-0.39, 0.29) is 0 Å². The second-order valence-corrected chi connectivity index (χ2v) is 6.60. The highest BCUT2D eigenvalue weighted by atomic mass is 15.0. The molecule has 0 radical (unpaired) electrons. The van der Waals surface area contributed by atoms with Crippen LogP contribution < -0.4 is 5.32 Å². The Balaban J connectivity index is 1.69. The van der Waals surface area contributed by atoms with Crippen molar-refractivity contribution in [2.24, 2.45) is 17.8 Å². The third kappa shape index (κ3) is 2.86. The fourth-order valence-electron chi connectivity index (χ4n) is 3.88. The lowest BCUT2D eigenvalue weighted by atomic mass is 9.92. The molecule has 19 heavy (non-hydrogen) atoms. The molecule has 0 aromatic heterocycles. The van der Waals surface area contributed by atoms with Crippen molar-refractivity contribution in [1.82, 2.24) is 5.32 Å². The maximum absolute atomic E-state index is 4.01. The van der Waals surface area contributed by atoms with E-state index in [0.717, 1.165) is 23.8 Å². The maximum atomic E-state index is 4.01. The molecule has 1 heteroatoms. The normalized spacial score (nSPS) is 32.4. The topological polar surface area (TPSA) is 12.0 Å². The van der Waals surface area contributed by atoms with E-state index in [0.29, 0.717) is 6.04 Å². The fourth-order valence-corrected chi connectivity index (χ4v) is 3.88. The third-order valence-corrected chi connectivity index (χ3v) is 5.40. The summed E-state index contributed by atoms with van der Waals surface area (Å²) < 4.78 is 0. The van der Waals surface area contributed by atoms with Gasteiger partial charge in [0.1, 0.15) is 0 Å². The van der Waals surface area contributed by atoms with Crippen LogP contribution in [0.2, 0.25) is 0 Å². The van der Waals surface area contributed by atoms with Crippen molar-refractivity contribution in [2.75, 3.05) is 0 Å². The Morgan fingerprint density at radius 2 is 1.84 bits per heavy atom. The van der Waals surface area contributed by atoms with Gasteiger partial charge in [-0.3, -0.25) is 0 Å². The van der Waals surface area contributed by atoms with E-state index in [1.54, 1.807) is 0 Å². The minimum atomic E-state index is 0.601. The molecule has 1 N–H and O–H groups in total. The van der Waals surface area contributed by atoms with Crippen LogP contribution in [-0.4, -0.2) is 6.04 Å². The Morgan fingerprint density at radius 3 is 2.42 bits per heavy atom. The first kappa shape index (κ1) is 13.2. The van der Waals surface area contributed by atoms with E-state index in [4.69, 9.17) is 0 Å². The molecule has 1 aromatic rings. The van der Waals surface area contributed by atoms with Crippen LogP contribution in [0.1, 0.15) is 57.6 Å². The minimum absolute atomic E-state index is 0.601. The predicted octanol–water partition coefficient (Wildman–Crippen LogP) is 4.55. The van der Waals surface area contributed by atoms with Gasteiger partial charge in [-0.15, -0.1) is 0 Å². The smallest absolute Gasteiger partial charge is 0.0351 e. The number of nitrogens with one attached hydrogen (secondary N) is 1. The molecule has 2 aliphatic rings. The molecule has 1 nitrogen and oxygen atoms in total. The summed E-state index contributed by atoms with van der Waals surface area (Å²) in [5, 5.41) is 4.01. The van der Waals surface area contributed by atoms with Crippen LogP contribution in [-0.2, 0) is 0 Å². The SMILES string of the molecule is CCC1CCC(NC(c2ccccc2)C2CC2)C1C. The fraction of sp³-hybridized carbons (Fsp3) is 0.667. The highest BCUT2D eigenvalue weighted by Gasteiger charge is 2.37. The molecular formula is C18H27N. The van der Waals surface area contributed by atoms with E-state index < -0.39 is 0 Å². The van der Waals surface area contributed by atoms with Crippen LogP contribution in [0.15, 0.2) is 30.3 Å². The first-order valence-corrected chi connectivity index (χ1v) is 8.10. The summed E-state index contributed by atoms with van der Waals surface area (Å²) >= 11 is 0. The van der Waals surface area contributed by atoms with E-state index in [9.17, 15) is 0 Å². The quantitative estimate of drug-likeness (QED) is 0.816. The van der Waals surface area contributed by atoms with E-state index >= 15 is 0 Å².